The molecule has 0 aliphatic carbocycles. The van der Waals surface area contributed by atoms with E-state index in [4.69, 9.17) is 4.42 Å². The highest BCUT2D eigenvalue weighted by molar-refractivity contribution is 14.0. The van der Waals surface area contributed by atoms with Crippen molar-refractivity contribution in [1.29, 1.82) is 0 Å². The number of likely N-dealkylation sites (tertiary alicyclic amines) is 1. The quantitative estimate of drug-likeness (QED) is 0.263. The highest BCUT2D eigenvalue weighted by atomic mass is 127. The first kappa shape index (κ1) is 22.3. The van der Waals surface area contributed by atoms with Gasteiger partial charge >= 0.3 is 0 Å². The Morgan fingerprint density at radius 1 is 1.27 bits per heavy atom. The molecular formula is C21H28IN7O. The fraction of sp³-hybridized carbons (Fsp3) is 0.381. The lowest BCUT2D eigenvalue weighted by molar-refractivity contribution is 0.258. The predicted octanol–water partition coefficient (Wildman–Crippen LogP) is 3.01. The van der Waals surface area contributed by atoms with Crippen molar-refractivity contribution < 1.29 is 4.42 Å². The van der Waals surface area contributed by atoms with Gasteiger partial charge in [-0.1, -0.05) is 30.3 Å². The Balaban J connectivity index is 0.00000256. The lowest BCUT2D eigenvalue weighted by atomic mass is 10.2. The van der Waals surface area contributed by atoms with E-state index < -0.39 is 0 Å². The molecular weight excluding hydrogens is 493 g/mol. The molecule has 1 aromatic carbocycles. The van der Waals surface area contributed by atoms with Gasteiger partial charge in [0.15, 0.2) is 11.7 Å². The summed E-state index contributed by atoms with van der Waals surface area (Å²) in [5, 5.41) is 14.0. The van der Waals surface area contributed by atoms with Gasteiger partial charge in [0.1, 0.15) is 5.82 Å². The summed E-state index contributed by atoms with van der Waals surface area (Å²) in [6, 6.07) is 15.1. The van der Waals surface area contributed by atoms with Crippen LogP contribution in [0.15, 0.2) is 58.1 Å². The normalized spacial score (nSPS) is 19.5. The third-order valence-corrected chi connectivity index (χ3v) is 5.19. The van der Waals surface area contributed by atoms with Crippen molar-refractivity contribution in [3.8, 4) is 11.6 Å². The van der Waals surface area contributed by atoms with E-state index in [2.05, 4.69) is 73.0 Å². The first-order valence-corrected chi connectivity index (χ1v) is 9.91. The third-order valence-electron chi connectivity index (χ3n) is 5.19. The van der Waals surface area contributed by atoms with E-state index in [1.54, 1.807) is 13.3 Å². The Hall–Kier alpha value is -2.40. The summed E-state index contributed by atoms with van der Waals surface area (Å²) in [6.45, 7) is 4.75. The van der Waals surface area contributed by atoms with Gasteiger partial charge in [0.25, 0.3) is 0 Å². The maximum atomic E-state index is 5.32. The van der Waals surface area contributed by atoms with Gasteiger partial charge in [0.05, 0.1) is 12.8 Å². The van der Waals surface area contributed by atoms with Gasteiger partial charge < -0.3 is 15.1 Å². The molecule has 160 valence electrons. The van der Waals surface area contributed by atoms with Crippen LogP contribution < -0.4 is 10.6 Å². The van der Waals surface area contributed by atoms with Crippen LogP contribution in [0.25, 0.3) is 11.6 Å². The average Bonchev–Trinajstić information content (AvgIpc) is 3.48. The summed E-state index contributed by atoms with van der Waals surface area (Å²) in [5.41, 5.74) is 1.35. The molecule has 0 bridgehead atoms. The molecule has 8 nitrogen and oxygen atoms in total. The maximum Gasteiger partial charge on any atom is 0.216 e. The van der Waals surface area contributed by atoms with Crippen LogP contribution in [0.2, 0.25) is 0 Å². The Bertz CT molecular complexity index is 926. The molecule has 1 saturated heterocycles. The maximum absolute atomic E-state index is 5.32. The summed E-state index contributed by atoms with van der Waals surface area (Å²) in [6.07, 6.45) is 2.69. The molecule has 3 heterocycles. The number of aromatic nitrogens is 3. The number of hydrogen-bond donors (Lipinski definition) is 3. The van der Waals surface area contributed by atoms with Crippen LogP contribution in [0.4, 0.5) is 0 Å². The third kappa shape index (κ3) is 5.60. The zero-order valence-corrected chi connectivity index (χ0v) is 19.5. The summed E-state index contributed by atoms with van der Waals surface area (Å²) in [5.74, 6) is 2.69. The number of furan rings is 1. The molecule has 2 unspecified atom stereocenters. The van der Waals surface area contributed by atoms with E-state index in [1.807, 2.05) is 12.1 Å². The van der Waals surface area contributed by atoms with Crippen molar-refractivity contribution in [2.45, 2.75) is 38.5 Å². The first-order chi connectivity index (χ1) is 14.2. The summed E-state index contributed by atoms with van der Waals surface area (Å²) < 4.78 is 5.32. The fourth-order valence-electron chi connectivity index (χ4n) is 3.69. The molecule has 0 spiro atoms. The summed E-state index contributed by atoms with van der Waals surface area (Å²) in [7, 11) is 1.78. The molecule has 1 fully saturated rings. The van der Waals surface area contributed by atoms with E-state index in [9.17, 15) is 0 Å². The Morgan fingerprint density at radius 3 is 2.83 bits per heavy atom. The Morgan fingerprint density at radius 2 is 2.10 bits per heavy atom. The number of nitrogens with one attached hydrogen (secondary N) is 3. The smallest absolute Gasteiger partial charge is 0.216 e. The lowest BCUT2D eigenvalue weighted by Gasteiger charge is -2.21. The van der Waals surface area contributed by atoms with E-state index in [1.165, 1.54) is 5.56 Å². The molecule has 2 aromatic heterocycles. The van der Waals surface area contributed by atoms with Crippen molar-refractivity contribution in [3.05, 3.63) is 60.1 Å². The van der Waals surface area contributed by atoms with Crippen molar-refractivity contribution >= 4 is 29.9 Å². The number of rotatable bonds is 6. The predicted molar refractivity (Wildman–Crippen MR) is 128 cm³/mol. The number of H-pyrrole nitrogens is 1. The highest BCUT2D eigenvalue weighted by Crippen LogP contribution is 2.20. The monoisotopic (exact) mass is 521 g/mol. The largest absolute Gasteiger partial charge is 0.461 e. The molecule has 3 aromatic rings. The van der Waals surface area contributed by atoms with E-state index >= 15 is 0 Å². The van der Waals surface area contributed by atoms with Crippen molar-refractivity contribution in [2.75, 3.05) is 13.6 Å². The van der Waals surface area contributed by atoms with Gasteiger partial charge in [0.2, 0.25) is 5.82 Å². The molecule has 4 rings (SSSR count). The standard InChI is InChI=1S/C21H27N7O.HI/c1-15-11-17(14-28(15)13-16-7-4-3-5-8-16)24-21(22-2)23-12-19-25-20(27-26-19)18-9-6-10-29-18;/h3-10,15,17H,11-14H2,1-2H3,(H2,22,23,24)(H,25,26,27);1H. The zero-order valence-electron chi connectivity index (χ0n) is 17.2. The molecule has 0 saturated carbocycles. The van der Waals surface area contributed by atoms with E-state index in [0.29, 0.717) is 30.2 Å². The average molecular weight is 521 g/mol. The minimum absolute atomic E-state index is 0. The molecule has 2 atom stereocenters. The molecule has 1 aliphatic heterocycles. The molecule has 9 heteroatoms. The van der Waals surface area contributed by atoms with Crippen LogP contribution in [0.5, 0.6) is 0 Å². The Labute approximate surface area is 193 Å². The van der Waals surface area contributed by atoms with Gasteiger partial charge in [-0.2, -0.15) is 0 Å². The minimum Gasteiger partial charge on any atom is -0.461 e. The number of aromatic amines is 1. The number of guanidine groups is 1. The molecule has 3 N–H and O–H groups in total. The number of nitrogens with zero attached hydrogens (tertiary/aromatic N) is 4. The van der Waals surface area contributed by atoms with Crippen LogP contribution in [-0.2, 0) is 13.1 Å². The first-order valence-electron chi connectivity index (χ1n) is 9.91. The SMILES string of the molecule is CN=C(NCc1nc(-c2ccco2)n[nH]1)NC1CC(C)N(Cc2ccccc2)C1.I. The number of benzene rings is 1. The van der Waals surface area contributed by atoms with Crippen LogP contribution in [0.3, 0.4) is 0 Å². The van der Waals surface area contributed by atoms with Crippen LogP contribution in [0, 0.1) is 0 Å². The highest BCUT2D eigenvalue weighted by Gasteiger charge is 2.29. The second-order valence-electron chi connectivity index (χ2n) is 7.35. The minimum atomic E-state index is 0. The zero-order chi connectivity index (χ0) is 20.1. The van der Waals surface area contributed by atoms with Gasteiger partial charge in [-0.25, -0.2) is 4.98 Å². The van der Waals surface area contributed by atoms with E-state index in [-0.39, 0.29) is 24.0 Å². The van der Waals surface area contributed by atoms with E-state index in [0.717, 1.165) is 31.3 Å². The van der Waals surface area contributed by atoms with Crippen molar-refractivity contribution in [1.82, 2.24) is 30.7 Å². The van der Waals surface area contributed by atoms with Crippen LogP contribution in [0.1, 0.15) is 24.7 Å². The van der Waals surface area contributed by atoms with Crippen molar-refractivity contribution in [2.24, 2.45) is 4.99 Å². The summed E-state index contributed by atoms with van der Waals surface area (Å²) >= 11 is 0. The molecule has 0 radical (unpaired) electrons. The number of halogens is 1. The fourth-order valence-corrected chi connectivity index (χ4v) is 3.69. The number of aliphatic imine (C=N–C) groups is 1. The van der Waals surface area contributed by atoms with Crippen molar-refractivity contribution in [3.63, 3.8) is 0 Å². The molecule has 0 amide bonds. The second-order valence-corrected chi connectivity index (χ2v) is 7.35. The van der Waals surface area contributed by atoms with Crippen LogP contribution in [-0.4, -0.2) is 51.7 Å². The van der Waals surface area contributed by atoms with Crippen LogP contribution >= 0.6 is 24.0 Å². The topological polar surface area (TPSA) is 94.4 Å². The second kappa shape index (κ2) is 10.6. The van der Waals surface area contributed by atoms with Gasteiger partial charge in [-0.3, -0.25) is 15.0 Å². The molecule has 1 aliphatic rings. The lowest BCUT2D eigenvalue weighted by Crippen LogP contribution is -2.44. The number of hydrogen-bond acceptors (Lipinski definition) is 5. The van der Waals surface area contributed by atoms with Gasteiger partial charge in [0, 0.05) is 32.2 Å². The molecule has 30 heavy (non-hydrogen) atoms. The van der Waals surface area contributed by atoms with Gasteiger partial charge in [-0.15, -0.1) is 29.1 Å². The van der Waals surface area contributed by atoms with Gasteiger partial charge in [-0.05, 0) is 31.0 Å². The summed E-state index contributed by atoms with van der Waals surface area (Å²) in [4.78, 5) is 11.3. The Kier molecular flexibility index (Phi) is 7.86.